The van der Waals surface area contributed by atoms with E-state index in [-0.39, 0.29) is 5.91 Å². The lowest BCUT2D eigenvalue weighted by Crippen LogP contribution is -2.15. The molecule has 2 heterocycles. The summed E-state index contributed by atoms with van der Waals surface area (Å²) in [5, 5.41) is 3.55. The smallest absolute Gasteiger partial charge is 0.229 e. The third-order valence-corrected chi connectivity index (χ3v) is 6.04. The van der Waals surface area contributed by atoms with Gasteiger partial charge in [-0.1, -0.05) is 36.4 Å². The Balaban J connectivity index is 1.38. The van der Waals surface area contributed by atoms with Crippen LogP contribution >= 0.6 is 23.1 Å². The highest BCUT2D eigenvalue weighted by Gasteiger charge is 2.21. The zero-order valence-corrected chi connectivity index (χ0v) is 15.0. The molecule has 0 saturated heterocycles. The molecule has 4 nitrogen and oxygen atoms in total. The first-order chi connectivity index (χ1) is 12.3. The van der Waals surface area contributed by atoms with Crippen LogP contribution in [0.5, 0.6) is 5.75 Å². The summed E-state index contributed by atoms with van der Waals surface area (Å²) in [6, 6.07) is 17.8. The van der Waals surface area contributed by atoms with Gasteiger partial charge in [0, 0.05) is 21.1 Å². The van der Waals surface area contributed by atoms with Crippen molar-refractivity contribution >= 4 is 34.1 Å². The lowest BCUT2D eigenvalue weighted by atomic mass is 10.1. The van der Waals surface area contributed by atoms with E-state index < -0.39 is 0 Å². The number of hydrogen-bond acceptors (Lipinski definition) is 5. The lowest BCUT2D eigenvalue weighted by Gasteiger charge is -2.13. The standard InChI is InChI=1S/C19H16N2O2S2/c22-17(10-11-23-13-6-2-1-3-7-13)20-19-21-18-14-8-4-5-9-15(14)24-12-16(18)25-19/h1-9H,10-12H2,(H,20,21,22). The van der Waals surface area contributed by atoms with Crippen molar-refractivity contribution in [1.82, 2.24) is 4.98 Å². The maximum absolute atomic E-state index is 12.1. The highest BCUT2D eigenvalue weighted by molar-refractivity contribution is 7.98. The minimum Gasteiger partial charge on any atom is -0.493 e. The minimum atomic E-state index is -0.0806. The zero-order valence-electron chi connectivity index (χ0n) is 13.4. The summed E-state index contributed by atoms with van der Waals surface area (Å²) in [5.41, 5.74) is 2.15. The maximum Gasteiger partial charge on any atom is 0.229 e. The molecule has 0 aliphatic carbocycles. The summed E-state index contributed by atoms with van der Waals surface area (Å²) < 4.78 is 5.56. The van der Waals surface area contributed by atoms with Crippen LogP contribution in [0, 0.1) is 0 Å². The number of hydrogen-bond donors (Lipinski definition) is 1. The molecule has 1 aromatic heterocycles. The van der Waals surface area contributed by atoms with Gasteiger partial charge in [-0.2, -0.15) is 0 Å². The van der Waals surface area contributed by atoms with Crippen LogP contribution in [-0.4, -0.2) is 17.5 Å². The van der Waals surface area contributed by atoms with Gasteiger partial charge in [-0.3, -0.25) is 4.79 Å². The molecule has 3 aromatic rings. The Kier molecular flexibility index (Phi) is 4.72. The molecule has 0 atom stereocenters. The second kappa shape index (κ2) is 7.29. The number of amides is 1. The number of thioether (sulfide) groups is 1. The second-order valence-electron chi connectivity index (χ2n) is 5.54. The number of aromatic nitrogens is 1. The van der Waals surface area contributed by atoms with Crippen LogP contribution in [0.3, 0.4) is 0 Å². The van der Waals surface area contributed by atoms with Crippen molar-refractivity contribution < 1.29 is 9.53 Å². The first-order valence-corrected chi connectivity index (χ1v) is 9.79. The topological polar surface area (TPSA) is 51.2 Å². The Morgan fingerprint density at radius 1 is 1.12 bits per heavy atom. The molecule has 0 saturated carbocycles. The van der Waals surface area contributed by atoms with Gasteiger partial charge in [-0.05, 0) is 18.2 Å². The number of anilines is 1. The molecule has 0 radical (unpaired) electrons. The Morgan fingerprint density at radius 2 is 1.92 bits per heavy atom. The number of carbonyl (C=O) groups is 1. The molecule has 1 aliphatic heterocycles. The SMILES string of the molecule is O=C(CCOc1ccccc1)Nc1nc2c(s1)CSc1ccccc1-2. The summed E-state index contributed by atoms with van der Waals surface area (Å²) in [5.74, 6) is 1.59. The maximum atomic E-state index is 12.1. The van der Waals surface area contributed by atoms with Crippen molar-refractivity contribution in [3.05, 3.63) is 59.5 Å². The Hall–Kier alpha value is -2.31. The molecule has 126 valence electrons. The molecular formula is C19H16N2O2S2. The monoisotopic (exact) mass is 368 g/mol. The molecule has 4 rings (SSSR count). The highest BCUT2D eigenvalue weighted by Crippen LogP contribution is 2.44. The largest absolute Gasteiger partial charge is 0.493 e. The Bertz CT molecular complexity index is 893. The quantitative estimate of drug-likeness (QED) is 0.701. The number of carbonyl (C=O) groups excluding carboxylic acids is 1. The number of benzene rings is 2. The van der Waals surface area contributed by atoms with Crippen LogP contribution in [0.1, 0.15) is 11.3 Å². The van der Waals surface area contributed by atoms with Crippen molar-refractivity contribution in [3.63, 3.8) is 0 Å². The van der Waals surface area contributed by atoms with Crippen LogP contribution < -0.4 is 10.1 Å². The molecule has 1 amide bonds. The van der Waals surface area contributed by atoms with Crippen LogP contribution in [0.15, 0.2) is 59.5 Å². The number of ether oxygens (including phenoxy) is 1. The normalized spacial score (nSPS) is 12.2. The zero-order chi connectivity index (χ0) is 17.1. The van der Waals surface area contributed by atoms with E-state index in [1.54, 1.807) is 11.3 Å². The van der Waals surface area contributed by atoms with E-state index in [1.807, 2.05) is 54.2 Å². The Morgan fingerprint density at radius 3 is 2.80 bits per heavy atom. The average Bonchev–Trinajstić information content (AvgIpc) is 3.05. The van der Waals surface area contributed by atoms with E-state index in [4.69, 9.17) is 4.74 Å². The number of thiazole rings is 1. The van der Waals surface area contributed by atoms with E-state index in [0.29, 0.717) is 18.2 Å². The summed E-state index contributed by atoms with van der Waals surface area (Å²) >= 11 is 3.37. The third kappa shape index (κ3) is 3.70. The molecule has 2 aromatic carbocycles. The first kappa shape index (κ1) is 16.2. The molecule has 25 heavy (non-hydrogen) atoms. The summed E-state index contributed by atoms with van der Waals surface area (Å²) in [4.78, 5) is 19.2. The number of rotatable bonds is 5. The van der Waals surface area contributed by atoms with Crippen LogP contribution in [-0.2, 0) is 10.5 Å². The summed E-state index contributed by atoms with van der Waals surface area (Å²) in [6.45, 7) is 0.347. The van der Waals surface area contributed by atoms with Crippen molar-refractivity contribution in [2.45, 2.75) is 17.1 Å². The van der Waals surface area contributed by atoms with Crippen molar-refractivity contribution in [2.75, 3.05) is 11.9 Å². The fourth-order valence-corrected chi connectivity index (χ4v) is 4.72. The number of nitrogens with one attached hydrogen (secondary N) is 1. The fraction of sp³-hybridized carbons (Fsp3) is 0.158. The van der Waals surface area contributed by atoms with Gasteiger partial charge in [0.1, 0.15) is 5.75 Å². The molecular weight excluding hydrogens is 352 g/mol. The summed E-state index contributed by atoms with van der Waals surface area (Å²) in [7, 11) is 0. The molecule has 0 spiro atoms. The van der Waals surface area contributed by atoms with E-state index >= 15 is 0 Å². The summed E-state index contributed by atoms with van der Waals surface area (Å²) in [6.07, 6.45) is 0.296. The molecule has 0 fully saturated rings. The molecule has 1 N–H and O–H groups in total. The van der Waals surface area contributed by atoms with Gasteiger partial charge in [-0.15, -0.1) is 23.1 Å². The second-order valence-corrected chi connectivity index (χ2v) is 7.64. The molecule has 0 bridgehead atoms. The van der Waals surface area contributed by atoms with Gasteiger partial charge in [0.2, 0.25) is 5.91 Å². The average molecular weight is 368 g/mol. The van der Waals surface area contributed by atoms with Crippen LogP contribution in [0.4, 0.5) is 5.13 Å². The van der Waals surface area contributed by atoms with Gasteiger partial charge in [0.25, 0.3) is 0 Å². The lowest BCUT2D eigenvalue weighted by molar-refractivity contribution is -0.116. The van der Waals surface area contributed by atoms with E-state index in [0.717, 1.165) is 22.8 Å². The van der Waals surface area contributed by atoms with Gasteiger partial charge < -0.3 is 10.1 Å². The molecule has 6 heteroatoms. The number of nitrogens with zero attached hydrogens (tertiary/aromatic N) is 1. The van der Waals surface area contributed by atoms with Crippen molar-refractivity contribution in [3.8, 4) is 17.0 Å². The number of fused-ring (bicyclic) bond motifs is 3. The van der Waals surface area contributed by atoms with Gasteiger partial charge in [-0.25, -0.2) is 4.98 Å². The minimum absolute atomic E-state index is 0.0806. The van der Waals surface area contributed by atoms with Gasteiger partial charge in [0.05, 0.1) is 18.7 Å². The van der Waals surface area contributed by atoms with E-state index in [2.05, 4.69) is 22.4 Å². The van der Waals surface area contributed by atoms with E-state index in [9.17, 15) is 4.79 Å². The van der Waals surface area contributed by atoms with Crippen LogP contribution in [0.2, 0.25) is 0 Å². The van der Waals surface area contributed by atoms with Crippen LogP contribution in [0.25, 0.3) is 11.3 Å². The highest BCUT2D eigenvalue weighted by atomic mass is 32.2. The van der Waals surface area contributed by atoms with E-state index in [1.165, 1.54) is 9.77 Å². The predicted octanol–water partition coefficient (Wildman–Crippen LogP) is 4.82. The third-order valence-electron chi connectivity index (χ3n) is 3.79. The molecule has 1 aliphatic rings. The van der Waals surface area contributed by atoms with Gasteiger partial charge in [0.15, 0.2) is 5.13 Å². The van der Waals surface area contributed by atoms with Crippen molar-refractivity contribution in [1.29, 1.82) is 0 Å². The van der Waals surface area contributed by atoms with Gasteiger partial charge >= 0.3 is 0 Å². The Labute approximate surface area is 154 Å². The fourth-order valence-electron chi connectivity index (χ4n) is 2.60. The predicted molar refractivity (Wildman–Crippen MR) is 102 cm³/mol. The first-order valence-electron chi connectivity index (χ1n) is 7.99. The van der Waals surface area contributed by atoms with Crippen molar-refractivity contribution in [2.24, 2.45) is 0 Å². The molecule has 0 unspecified atom stereocenters. The number of para-hydroxylation sites is 1.